The van der Waals surface area contributed by atoms with Gasteiger partial charge in [-0.2, -0.15) is 0 Å². The number of phenols is 1. The fourth-order valence-corrected chi connectivity index (χ4v) is 2.17. The molecule has 5 heteroatoms. The molecule has 0 unspecified atom stereocenters. The molecule has 0 saturated carbocycles. The van der Waals surface area contributed by atoms with Crippen molar-refractivity contribution in [2.24, 2.45) is 0 Å². The number of fused-ring (bicyclic) bond motifs is 1. The van der Waals surface area contributed by atoms with Crippen molar-refractivity contribution in [1.82, 2.24) is 4.98 Å². The monoisotopic (exact) mass is 298 g/mol. The Bertz CT molecular complexity index is 816. The van der Waals surface area contributed by atoms with Gasteiger partial charge >= 0.3 is 0 Å². The van der Waals surface area contributed by atoms with Crippen LogP contribution in [0.5, 0.6) is 5.75 Å². The van der Waals surface area contributed by atoms with E-state index in [-0.39, 0.29) is 11.3 Å². The number of nitrogens with zero attached hydrogens (tertiary/aromatic N) is 1. The number of nitrogens with one attached hydrogen (secondary N) is 1. The first-order valence-electron chi connectivity index (χ1n) is 6.29. The van der Waals surface area contributed by atoms with Gasteiger partial charge in [-0.25, -0.2) is 0 Å². The van der Waals surface area contributed by atoms with Crippen molar-refractivity contribution < 1.29 is 9.90 Å². The van der Waals surface area contributed by atoms with Crippen molar-refractivity contribution in [1.29, 1.82) is 0 Å². The van der Waals surface area contributed by atoms with E-state index in [1.807, 2.05) is 6.07 Å². The molecule has 0 atom stereocenters. The molecular weight excluding hydrogens is 288 g/mol. The number of rotatable bonds is 2. The van der Waals surface area contributed by atoms with E-state index >= 15 is 0 Å². The number of aromatic nitrogens is 1. The fraction of sp³-hybridized carbons (Fsp3) is 0. The minimum absolute atomic E-state index is 0.125. The molecule has 3 aromatic rings. The predicted octanol–water partition coefficient (Wildman–Crippen LogP) is 3.85. The lowest BCUT2D eigenvalue weighted by Crippen LogP contribution is -2.12. The summed E-state index contributed by atoms with van der Waals surface area (Å²) in [5, 5.41) is 14.3. The van der Waals surface area contributed by atoms with E-state index in [1.54, 1.807) is 48.7 Å². The van der Waals surface area contributed by atoms with E-state index in [1.165, 1.54) is 0 Å². The van der Waals surface area contributed by atoms with Gasteiger partial charge in [0.25, 0.3) is 5.91 Å². The van der Waals surface area contributed by atoms with E-state index in [0.717, 1.165) is 5.39 Å². The first-order chi connectivity index (χ1) is 10.1. The third-order valence-corrected chi connectivity index (χ3v) is 3.35. The van der Waals surface area contributed by atoms with Gasteiger partial charge in [0.15, 0.2) is 5.75 Å². The molecule has 0 aliphatic carbocycles. The number of anilines is 1. The molecule has 0 aliphatic heterocycles. The van der Waals surface area contributed by atoms with Crippen LogP contribution in [-0.4, -0.2) is 16.0 Å². The Hall–Kier alpha value is -2.59. The molecule has 1 amide bonds. The number of aromatic hydroxyl groups is 1. The minimum atomic E-state index is -0.401. The van der Waals surface area contributed by atoms with Crippen LogP contribution in [-0.2, 0) is 0 Å². The summed E-state index contributed by atoms with van der Waals surface area (Å²) in [6.07, 6.45) is 1.57. The molecule has 0 fully saturated rings. The Morgan fingerprint density at radius 3 is 2.62 bits per heavy atom. The van der Waals surface area contributed by atoms with Crippen molar-refractivity contribution in [3.63, 3.8) is 0 Å². The lowest BCUT2D eigenvalue weighted by Gasteiger charge is -2.08. The molecule has 4 nitrogen and oxygen atoms in total. The molecule has 2 N–H and O–H groups in total. The number of hydrogen-bond donors (Lipinski definition) is 2. The molecule has 0 bridgehead atoms. The highest BCUT2D eigenvalue weighted by molar-refractivity contribution is 6.30. The molecule has 21 heavy (non-hydrogen) atoms. The number of phenolic OH excluding ortho intramolecular Hbond substituents is 1. The lowest BCUT2D eigenvalue weighted by atomic mass is 10.1. The van der Waals surface area contributed by atoms with E-state index in [9.17, 15) is 9.90 Å². The van der Waals surface area contributed by atoms with Crippen LogP contribution in [0, 0.1) is 0 Å². The molecule has 1 heterocycles. The predicted molar refractivity (Wildman–Crippen MR) is 82.8 cm³/mol. The van der Waals surface area contributed by atoms with Gasteiger partial charge in [0, 0.05) is 22.3 Å². The van der Waals surface area contributed by atoms with Crippen LogP contribution >= 0.6 is 11.6 Å². The van der Waals surface area contributed by atoms with Crippen molar-refractivity contribution in [2.75, 3.05) is 5.32 Å². The maximum Gasteiger partial charge on any atom is 0.259 e. The summed E-state index contributed by atoms with van der Waals surface area (Å²) < 4.78 is 0. The van der Waals surface area contributed by atoms with Crippen LogP contribution in [0.25, 0.3) is 10.9 Å². The molecule has 0 saturated heterocycles. The summed E-state index contributed by atoms with van der Waals surface area (Å²) in [7, 11) is 0. The highest BCUT2D eigenvalue weighted by Gasteiger charge is 2.14. The Morgan fingerprint density at radius 1 is 1.10 bits per heavy atom. The summed E-state index contributed by atoms with van der Waals surface area (Å²) in [5.74, 6) is -0.526. The quantitative estimate of drug-likeness (QED) is 0.755. The number of pyridine rings is 1. The maximum absolute atomic E-state index is 12.2. The first-order valence-corrected chi connectivity index (χ1v) is 6.66. The molecule has 0 aliphatic rings. The Balaban J connectivity index is 1.94. The number of carbonyl (C=O) groups excluding carboxylic acids is 1. The molecule has 3 rings (SSSR count). The van der Waals surface area contributed by atoms with Crippen molar-refractivity contribution in [3.8, 4) is 5.75 Å². The van der Waals surface area contributed by atoms with Gasteiger partial charge in [0.1, 0.15) is 5.52 Å². The second-order valence-corrected chi connectivity index (χ2v) is 4.93. The molecule has 0 radical (unpaired) electrons. The number of halogens is 1. The van der Waals surface area contributed by atoms with Crippen LogP contribution in [0.2, 0.25) is 5.02 Å². The van der Waals surface area contributed by atoms with Gasteiger partial charge in [0.05, 0.1) is 5.56 Å². The van der Waals surface area contributed by atoms with Gasteiger partial charge in [0.2, 0.25) is 0 Å². The summed E-state index contributed by atoms with van der Waals surface area (Å²) >= 11 is 5.79. The summed E-state index contributed by atoms with van der Waals surface area (Å²) in [6, 6.07) is 13.7. The smallest absolute Gasteiger partial charge is 0.259 e. The zero-order valence-electron chi connectivity index (χ0n) is 10.9. The average molecular weight is 299 g/mol. The Labute approximate surface area is 126 Å². The molecule has 1 aromatic heterocycles. The largest absolute Gasteiger partial charge is 0.505 e. The standard InChI is InChI=1S/C16H11ClN2O2/c17-11-4-6-12(7-5-11)19-16(21)13-8-3-10-2-1-9-18-14(10)15(13)20/h1-9,20H,(H,19,21). The highest BCUT2D eigenvalue weighted by Crippen LogP contribution is 2.27. The van der Waals surface area contributed by atoms with Crippen LogP contribution in [0.15, 0.2) is 54.7 Å². The Kier molecular flexibility index (Phi) is 3.46. The maximum atomic E-state index is 12.2. The van der Waals surface area contributed by atoms with Crippen LogP contribution < -0.4 is 5.32 Å². The SMILES string of the molecule is O=C(Nc1ccc(Cl)cc1)c1ccc2cccnc2c1O. The zero-order chi connectivity index (χ0) is 14.8. The number of amides is 1. The number of carbonyl (C=O) groups is 1. The van der Waals surface area contributed by atoms with E-state index in [0.29, 0.717) is 16.2 Å². The molecular formula is C16H11ClN2O2. The fourth-order valence-electron chi connectivity index (χ4n) is 2.04. The van der Waals surface area contributed by atoms with Gasteiger partial charge in [-0.1, -0.05) is 23.7 Å². The second-order valence-electron chi connectivity index (χ2n) is 4.50. The third kappa shape index (κ3) is 2.66. The van der Waals surface area contributed by atoms with Gasteiger partial charge in [-0.05, 0) is 36.4 Å². The van der Waals surface area contributed by atoms with Crippen LogP contribution in [0.4, 0.5) is 5.69 Å². The van der Waals surface area contributed by atoms with Gasteiger partial charge in [-0.15, -0.1) is 0 Å². The minimum Gasteiger partial charge on any atom is -0.505 e. The lowest BCUT2D eigenvalue weighted by molar-refractivity contribution is 0.102. The number of benzene rings is 2. The topological polar surface area (TPSA) is 62.2 Å². The Morgan fingerprint density at radius 2 is 1.86 bits per heavy atom. The first kappa shape index (κ1) is 13.4. The van der Waals surface area contributed by atoms with Crippen LogP contribution in [0.1, 0.15) is 10.4 Å². The average Bonchev–Trinajstić information content (AvgIpc) is 2.50. The molecule has 2 aromatic carbocycles. The molecule has 0 spiro atoms. The van der Waals surface area contributed by atoms with Crippen LogP contribution in [0.3, 0.4) is 0 Å². The third-order valence-electron chi connectivity index (χ3n) is 3.09. The van der Waals surface area contributed by atoms with E-state index in [2.05, 4.69) is 10.3 Å². The highest BCUT2D eigenvalue weighted by atomic mass is 35.5. The summed E-state index contributed by atoms with van der Waals surface area (Å²) in [5.41, 5.74) is 1.18. The van der Waals surface area contributed by atoms with Crippen molar-refractivity contribution >= 4 is 34.1 Å². The van der Waals surface area contributed by atoms with Gasteiger partial charge < -0.3 is 10.4 Å². The van der Waals surface area contributed by atoms with Gasteiger partial charge in [-0.3, -0.25) is 9.78 Å². The van der Waals surface area contributed by atoms with Crippen molar-refractivity contribution in [2.45, 2.75) is 0 Å². The zero-order valence-corrected chi connectivity index (χ0v) is 11.6. The normalized spacial score (nSPS) is 10.5. The summed E-state index contributed by atoms with van der Waals surface area (Å²) in [4.78, 5) is 16.3. The van der Waals surface area contributed by atoms with E-state index in [4.69, 9.17) is 11.6 Å². The number of hydrogen-bond acceptors (Lipinski definition) is 3. The second kappa shape index (κ2) is 5.42. The summed E-state index contributed by atoms with van der Waals surface area (Å²) in [6.45, 7) is 0. The van der Waals surface area contributed by atoms with Crippen molar-refractivity contribution in [3.05, 3.63) is 65.3 Å². The molecule has 104 valence electrons. The van der Waals surface area contributed by atoms with E-state index < -0.39 is 5.91 Å².